The van der Waals surface area contributed by atoms with Crippen molar-refractivity contribution >= 4 is 28.9 Å². The lowest BCUT2D eigenvalue weighted by atomic mass is 10.2. The summed E-state index contributed by atoms with van der Waals surface area (Å²) in [5, 5.41) is 12.1. The van der Waals surface area contributed by atoms with Crippen molar-refractivity contribution in [1.29, 1.82) is 0 Å². The summed E-state index contributed by atoms with van der Waals surface area (Å²) in [6.45, 7) is 0.447. The van der Waals surface area contributed by atoms with Crippen LogP contribution in [0.25, 0.3) is 10.6 Å². The monoisotopic (exact) mass is 359 g/mol. The molecule has 2 aromatic carbocycles. The Hall–Kier alpha value is -2.37. The summed E-state index contributed by atoms with van der Waals surface area (Å²) in [4.78, 5) is 15.1. The number of nitrogens with zero attached hydrogens (tertiary/aromatic N) is 1. The summed E-state index contributed by atoms with van der Waals surface area (Å²) >= 11 is 7.29. The van der Waals surface area contributed by atoms with Crippen LogP contribution >= 0.6 is 22.9 Å². The lowest BCUT2D eigenvalue weighted by Crippen LogP contribution is -1.99. The van der Waals surface area contributed by atoms with Crippen LogP contribution in [0.3, 0.4) is 0 Å². The van der Waals surface area contributed by atoms with Gasteiger partial charge in [-0.2, -0.15) is 0 Å². The topological polar surface area (TPSA) is 59.4 Å². The Balaban J connectivity index is 1.70. The average Bonchev–Trinajstić information content (AvgIpc) is 3.02. The van der Waals surface area contributed by atoms with Gasteiger partial charge in [0.05, 0.1) is 12.1 Å². The van der Waals surface area contributed by atoms with Gasteiger partial charge in [-0.15, -0.1) is 11.3 Å². The molecule has 0 aliphatic heterocycles. The minimum absolute atomic E-state index is 0.0662. The number of hydrogen-bond donors (Lipinski definition) is 1. The molecular formula is C18H14ClNO3S. The molecule has 0 unspecified atom stereocenters. The molecule has 3 rings (SSSR count). The molecule has 0 atom stereocenters. The minimum atomic E-state index is -0.883. The molecule has 0 bridgehead atoms. The molecule has 122 valence electrons. The van der Waals surface area contributed by atoms with Gasteiger partial charge in [-0.25, -0.2) is 4.98 Å². The summed E-state index contributed by atoms with van der Waals surface area (Å²) in [7, 11) is 0. The number of ether oxygens (including phenoxy) is 1. The van der Waals surface area contributed by atoms with Gasteiger partial charge in [0.1, 0.15) is 17.4 Å². The van der Waals surface area contributed by atoms with E-state index in [-0.39, 0.29) is 6.42 Å². The van der Waals surface area contributed by atoms with Crippen LogP contribution in [0.4, 0.5) is 0 Å². The molecule has 0 saturated heterocycles. The van der Waals surface area contributed by atoms with Crippen molar-refractivity contribution in [3.05, 3.63) is 70.2 Å². The standard InChI is InChI=1S/C18H14ClNO3S/c19-14-6-4-12(5-7-14)10-23-16-3-1-2-13(8-16)18-20-15(11-24-18)9-17(21)22/h1-8,11H,9-10H2,(H,21,22). The van der Waals surface area contributed by atoms with E-state index in [0.29, 0.717) is 17.3 Å². The smallest absolute Gasteiger partial charge is 0.309 e. The van der Waals surface area contributed by atoms with Gasteiger partial charge in [0.25, 0.3) is 0 Å². The van der Waals surface area contributed by atoms with Gasteiger partial charge in [-0.05, 0) is 29.8 Å². The van der Waals surface area contributed by atoms with Crippen molar-refractivity contribution in [2.24, 2.45) is 0 Å². The van der Waals surface area contributed by atoms with Gasteiger partial charge >= 0.3 is 5.97 Å². The van der Waals surface area contributed by atoms with E-state index in [9.17, 15) is 4.79 Å². The van der Waals surface area contributed by atoms with Gasteiger partial charge in [0.2, 0.25) is 0 Å². The third kappa shape index (κ3) is 4.34. The summed E-state index contributed by atoms with van der Waals surface area (Å²) in [6.07, 6.45) is -0.0662. The van der Waals surface area contributed by atoms with E-state index in [1.165, 1.54) is 11.3 Å². The molecule has 1 aromatic heterocycles. The fourth-order valence-electron chi connectivity index (χ4n) is 2.14. The number of rotatable bonds is 6. The van der Waals surface area contributed by atoms with Crippen LogP contribution in [0.1, 0.15) is 11.3 Å². The number of aromatic nitrogens is 1. The maximum atomic E-state index is 10.7. The lowest BCUT2D eigenvalue weighted by Gasteiger charge is -2.07. The molecule has 6 heteroatoms. The number of halogens is 1. The lowest BCUT2D eigenvalue weighted by molar-refractivity contribution is -0.136. The summed E-state index contributed by atoms with van der Waals surface area (Å²) < 4.78 is 5.81. The zero-order valence-electron chi connectivity index (χ0n) is 12.6. The highest BCUT2D eigenvalue weighted by Gasteiger charge is 2.08. The first-order valence-electron chi connectivity index (χ1n) is 7.24. The predicted octanol–water partition coefficient (Wildman–Crippen LogP) is 4.67. The number of carboxylic acids is 1. The van der Waals surface area contributed by atoms with Crippen LogP contribution < -0.4 is 4.74 Å². The van der Waals surface area contributed by atoms with E-state index in [1.807, 2.05) is 48.5 Å². The molecule has 24 heavy (non-hydrogen) atoms. The largest absolute Gasteiger partial charge is 0.489 e. The predicted molar refractivity (Wildman–Crippen MR) is 94.7 cm³/mol. The molecule has 0 spiro atoms. The molecule has 1 N–H and O–H groups in total. The molecule has 0 fully saturated rings. The summed E-state index contributed by atoms with van der Waals surface area (Å²) in [5.74, 6) is -0.149. The Labute approximate surface area is 148 Å². The number of benzene rings is 2. The van der Waals surface area contributed by atoms with E-state index < -0.39 is 5.97 Å². The maximum absolute atomic E-state index is 10.7. The number of carboxylic acid groups (broad SMARTS) is 1. The van der Waals surface area contributed by atoms with Crippen molar-refractivity contribution < 1.29 is 14.6 Å². The Bertz CT molecular complexity index is 845. The zero-order valence-corrected chi connectivity index (χ0v) is 14.2. The molecule has 0 radical (unpaired) electrons. The first-order chi connectivity index (χ1) is 11.6. The molecule has 0 aliphatic carbocycles. The Kier molecular flexibility index (Phi) is 5.13. The quantitative estimate of drug-likeness (QED) is 0.694. The molecular weight excluding hydrogens is 346 g/mol. The highest BCUT2D eigenvalue weighted by Crippen LogP contribution is 2.27. The first kappa shape index (κ1) is 16.5. The Morgan fingerprint density at radius 2 is 2.00 bits per heavy atom. The molecule has 0 aliphatic rings. The number of hydrogen-bond acceptors (Lipinski definition) is 4. The van der Waals surface area contributed by atoms with E-state index >= 15 is 0 Å². The van der Waals surface area contributed by atoms with Crippen molar-refractivity contribution in [3.63, 3.8) is 0 Å². The molecule has 0 amide bonds. The number of aliphatic carboxylic acids is 1. The second-order valence-electron chi connectivity index (χ2n) is 5.16. The summed E-state index contributed by atoms with van der Waals surface area (Å²) in [6, 6.07) is 15.1. The second kappa shape index (κ2) is 7.47. The van der Waals surface area contributed by atoms with Gasteiger partial charge in [0, 0.05) is 16.0 Å². The van der Waals surface area contributed by atoms with Gasteiger partial charge in [-0.1, -0.05) is 35.9 Å². The summed E-state index contributed by atoms with van der Waals surface area (Å²) in [5.41, 5.74) is 2.50. The van der Waals surface area contributed by atoms with Crippen LogP contribution in [0, 0.1) is 0 Å². The zero-order chi connectivity index (χ0) is 16.9. The van der Waals surface area contributed by atoms with Crippen molar-refractivity contribution in [2.45, 2.75) is 13.0 Å². The molecule has 0 saturated carbocycles. The van der Waals surface area contributed by atoms with Crippen LogP contribution in [0.5, 0.6) is 5.75 Å². The van der Waals surface area contributed by atoms with Gasteiger partial charge in [0.15, 0.2) is 0 Å². The first-order valence-corrected chi connectivity index (χ1v) is 8.50. The normalized spacial score (nSPS) is 10.5. The highest BCUT2D eigenvalue weighted by molar-refractivity contribution is 7.13. The number of thiazole rings is 1. The molecule has 1 heterocycles. The van der Waals surface area contributed by atoms with Gasteiger partial charge in [-0.3, -0.25) is 4.79 Å². The van der Waals surface area contributed by atoms with Crippen molar-refractivity contribution in [2.75, 3.05) is 0 Å². The highest BCUT2D eigenvalue weighted by atomic mass is 35.5. The number of carbonyl (C=O) groups is 1. The van der Waals surface area contributed by atoms with E-state index in [4.69, 9.17) is 21.4 Å². The van der Waals surface area contributed by atoms with E-state index in [2.05, 4.69) is 4.98 Å². The van der Waals surface area contributed by atoms with Crippen LogP contribution in [-0.2, 0) is 17.8 Å². The Morgan fingerprint density at radius 1 is 1.21 bits per heavy atom. The van der Waals surface area contributed by atoms with Gasteiger partial charge < -0.3 is 9.84 Å². The van der Waals surface area contributed by atoms with Crippen LogP contribution in [0.2, 0.25) is 5.02 Å². The fourth-order valence-corrected chi connectivity index (χ4v) is 3.08. The van der Waals surface area contributed by atoms with Crippen LogP contribution in [0.15, 0.2) is 53.9 Å². The molecule has 4 nitrogen and oxygen atoms in total. The Morgan fingerprint density at radius 3 is 2.75 bits per heavy atom. The van der Waals surface area contributed by atoms with Crippen molar-refractivity contribution in [3.8, 4) is 16.3 Å². The second-order valence-corrected chi connectivity index (χ2v) is 6.45. The van der Waals surface area contributed by atoms with E-state index in [1.54, 1.807) is 5.38 Å². The third-order valence-electron chi connectivity index (χ3n) is 3.28. The van der Waals surface area contributed by atoms with Crippen molar-refractivity contribution in [1.82, 2.24) is 4.98 Å². The van der Waals surface area contributed by atoms with E-state index in [0.717, 1.165) is 21.9 Å². The third-order valence-corrected chi connectivity index (χ3v) is 4.48. The van der Waals surface area contributed by atoms with Crippen LogP contribution in [-0.4, -0.2) is 16.1 Å². The maximum Gasteiger partial charge on any atom is 0.309 e. The SMILES string of the molecule is O=C(O)Cc1csc(-c2cccc(OCc3ccc(Cl)cc3)c2)n1. The average molecular weight is 360 g/mol. The minimum Gasteiger partial charge on any atom is -0.489 e. The molecule has 3 aromatic rings. The fraction of sp³-hybridized carbons (Fsp3) is 0.111.